The van der Waals surface area contributed by atoms with E-state index >= 15 is 0 Å². The van der Waals surface area contributed by atoms with Crippen molar-refractivity contribution in [3.05, 3.63) is 118 Å². The van der Waals surface area contributed by atoms with Crippen molar-refractivity contribution in [1.82, 2.24) is 4.98 Å². The van der Waals surface area contributed by atoms with Crippen LogP contribution in [-0.2, 0) is 12.8 Å². The molecule has 122 valence electrons. The summed E-state index contributed by atoms with van der Waals surface area (Å²) in [6.45, 7) is 0. The van der Waals surface area contributed by atoms with Gasteiger partial charge in [0.2, 0.25) is 0 Å². The smallest absolute Gasteiger partial charge is 0.256 e. The maximum absolute atomic E-state index is 12.5. The molecule has 0 aliphatic heterocycles. The molecule has 0 spiro atoms. The maximum atomic E-state index is 12.5. The highest BCUT2D eigenvalue weighted by Crippen LogP contribution is 2.23. The van der Waals surface area contributed by atoms with Crippen LogP contribution in [0.2, 0.25) is 0 Å². The highest BCUT2D eigenvalue weighted by molar-refractivity contribution is 5.85. The standard InChI is InChI=1S/C23H19NO/c25-23-20-14-8-7-13-19(20)21(15-17-9-3-1-4-10-17)22(24-23)16-18-11-5-2-6-12-18/h1-14H,15-16H2,(H,24,25). The lowest BCUT2D eigenvalue weighted by Gasteiger charge is -2.13. The largest absolute Gasteiger partial charge is 0.325 e. The first-order valence-electron chi connectivity index (χ1n) is 8.52. The van der Waals surface area contributed by atoms with Crippen LogP contribution in [0.1, 0.15) is 22.4 Å². The minimum Gasteiger partial charge on any atom is -0.325 e. The Kier molecular flexibility index (Phi) is 4.17. The fourth-order valence-electron chi connectivity index (χ4n) is 3.34. The number of H-pyrrole nitrogens is 1. The van der Waals surface area contributed by atoms with Crippen LogP contribution in [0.15, 0.2) is 89.7 Å². The number of benzene rings is 3. The zero-order valence-corrected chi connectivity index (χ0v) is 13.9. The van der Waals surface area contributed by atoms with Crippen molar-refractivity contribution in [3.8, 4) is 0 Å². The molecule has 4 aromatic rings. The van der Waals surface area contributed by atoms with Gasteiger partial charge in [0.15, 0.2) is 0 Å². The Hall–Kier alpha value is -3.13. The molecular weight excluding hydrogens is 306 g/mol. The molecule has 0 saturated heterocycles. The van der Waals surface area contributed by atoms with Gasteiger partial charge in [0.05, 0.1) is 0 Å². The monoisotopic (exact) mass is 325 g/mol. The van der Waals surface area contributed by atoms with Gasteiger partial charge < -0.3 is 4.98 Å². The van der Waals surface area contributed by atoms with Crippen molar-refractivity contribution >= 4 is 10.8 Å². The fourth-order valence-corrected chi connectivity index (χ4v) is 3.34. The average molecular weight is 325 g/mol. The van der Waals surface area contributed by atoms with Crippen molar-refractivity contribution in [2.24, 2.45) is 0 Å². The second-order valence-corrected chi connectivity index (χ2v) is 6.28. The number of fused-ring (bicyclic) bond motifs is 1. The van der Waals surface area contributed by atoms with Crippen molar-refractivity contribution in [2.75, 3.05) is 0 Å². The molecule has 1 aromatic heterocycles. The lowest BCUT2D eigenvalue weighted by molar-refractivity contribution is 1.00. The molecule has 0 amide bonds. The summed E-state index contributed by atoms with van der Waals surface area (Å²) in [5.74, 6) is 0. The number of hydrogen-bond donors (Lipinski definition) is 1. The first-order valence-corrected chi connectivity index (χ1v) is 8.52. The van der Waals surface area contributed by atoms with E-state index in [9.17, 15) is 4.79 Å². The molecule has 0 aliphatic carbocycles. The van der Waals surface area contributed by atoms with Gasteiger partial charge in [-0.1, -0.05) is 78.9 Å². The van der Waals surface area contributed by atoms with Gasteiger partial charge in [0, 0.05) is 17.5 Å². The molecule has 1 N–H and O–H groups in total. The SMILES string of the molecule is O=c1[nH]c(Cc2ccccc2)c(Cc2ccccc2)c2ccccc12. The Morgan fingerprint density at radius 1 is 0.600 bits per heavy atom. The Morgan fingerprint density at radius 2 is 1.12 bits per heavy atom. The summed E-state index contributed by atoms with van der Waals surface area (Å²) >= 11 is 0. The van der Waals surface area contributed by atoms with E-state index < -0.39 is 0 Å². The van der Waals surface area contributed by atoms with E-state index in [0.717, 1.165) is 29.3 Å². The first-order chi connectivity index (χ1) is 12.3. The highest BCUT2D eigenvalue weighted by Gasteiger charge is 2.12. The summed E-state index contributed by atoms with van der Waals surface area (Å²) in [6.07, 6.45) is 1.53. The highest BCUT2D eigenvalue weighted by atomic mass is 16.1. The third kappa shape index (κ3) is 3.24. The van der Waals surface area contributed by atoms with E-state index in [1.165, 1.54) is 16.7 Å². The predicted octanol–water partition coefficient (Wildman–Crippen LogP) is 4.71. The second kappa shape index (κ2) is 6.78. The van der Waals surface area contributed by atoms with E-state index in [1.54, 1.807) is 0 Å². The van der Waals surface area contributed by atoms with Gasteiger partial charge in [-0.25, -0.2) is 0 Å². The Balaban J connectivity index is 1.88. The Morgan fingerprint density at radius 3 is 1.76 bits per heavy atom. The van der Waals surface area contributed by atoms with Crippen LogP contribution in [0, 0.1) is 0 Å². The van der Waals surface area contributed by atoms with E-state index in [0.29, 0.717) is 0 Å². The molecule has 0 fully saturated rings. The van der Waals surface area contributed by atoms with Gasteiger partial charge in [-0.3, -0.25) is 4.79 Å². The van der Waals surface area contributed by atoms with Gasteiger partial charge in [0.1, 0.15) is 0 Å². The lowest BCUT2D eigenvalue weighted by atomic mass is 9.95. The molecule has 25 heavy (non-hydrogen) atoms. The molecule has 4 rings (SSSR count). The number of hydrogen-bond acceptors (Lipinski definition) is 1. The summed E-state index contributed by atoms with van der Waals surface area (Å²) in [4.78, 5) is 15.7. The maximum Gasteiger partial charge on any atom is 0.256 e. The minimum absolute atomic E-state index is 0.0154. The molecule has 1 heterocycles. The van der Waals surface area contributed by atoms with Crippen molar-refractivity contribution in [3.63, 3.8) is 0 Å². The second-order valence-electron chi connectivity index (χ2n) is 6.28. The van der Waals surface area contributed by atoms with Crippen LogP contribution in [0.5, 0.6) is 0 Å². The quantitative estimate of drug-likeness (QED) is 0.579. The number of nitrogens with one attached hydrogen (secondary N) is 1. The fraction of sp³-hybridized carbons (Fsp3) is 0.0870. The van der Waals surface area contributed by atoms with Crippen LogP contribution in [0.4, 0.5) is 0 Å². The van der Waals surface area contributed by atoms with E-state index in [2.05, 4.69) is 47.4 Å². The third-order valence-electron chi connectivity index (χ3n) is 4.57. The molecule has 0 atom stereocenters. The lowest BCUT2D eigenvalue weighted by Crippen LogP contribution is -2.14. The normalized spacial score (nSPS) is 10.9. The van der Waals surface area contributed by atoms with E-state index in [-0.39, 0.29) is 5.56 Å². The summed E-state index contributed by atoms with van der Waals surface area (Å²) < 4.78 is 0. The Labute approximate surface area is 146 Å². The van der Waals surface area contributed by atoms with Crippen LogP contribution < -0.4 is 5.56 Å². The zero-order valence-electron chi connectivity index (χ0n) is 13.9. The van der Waals surface area contributed by atoms with Crippen LogP contribution in [0.3, 0.4) is 0 Å². The first kappa shape index (κ1) is 15.4. The van der Waals surface area contributed by atoms with E-state index in [1.807, 2.05) is 42.5 Å². The van der Waals surface area contributed by atoms with Gasteiger partial charge in [0.25, 0.3) is 5.56 Å². The topological polar surface area (TPSA) is 32.9 Å². The molecule has 3 aromatic carbocycles. The molecule has 0 saturated carbocycles. The van der Waals surface area contributed by atoms with Crippen LogP contribution in [0.25, 0.3) is 10.8 Å². The summed E-state index contributed by atoms with van der Waals surface area (Å²) in [5, 5.41) is 1.80. The molecule has 2 nitrogen and oxygen atoms in total. The zero-order chi connectivity index (χ0) is 17.1. The van der Waals surface area contributed by atoms with Gasteiger partial charge in [-0.15, -0.1) is 0 Å². The molecule has 0 unspecified atom stereocenters. The van der Waals surface area contributed by atoms with Gasteiger partial charge in [-0.2, -0.15) is 0 Å². The summed E-state index contributed by atoms with van der Waals surface area (Å²) in [7, 11) is 0. The minimum atomic E-state index is -0.0154. The van der Waals surface area contributed by atoms with E-state index in [4.69, 9.17) is 0 Å². The molecule has 0 bridgehead atoms. The van der Waals surface area contributed by atoms with Crippen molar-refractivity contribution in [2.45, 2.75) is 12.8 Å². The number of rotatable bonds is 4. The Bertz CT molecular complexity index is 1050. The van der Waals surface area contributed by atoms with Crippen molar-refractivity contribution < 1.29 is 0 Å². The average Bonchev–Trinajstić information content (AvgIpc) is 2.67. The number of aromatic amines is 1. The summed E-state index contributed by atoms with van der Waals surface area (Å²) in [6, 6.07) is 28.5. The number of aromatic nitrogens is 1. The van der Waals surface area contributed by atoms with Gasteiger partial charge in [-0.05, 0) is 34.6 Å². The number of pyridine rings is 1. The van der Waals surface area contributed by atoms with Gasteiger partial charge >= 0.3 is 0 Å². The van der Waals surface area contributed by atoms with Crippen LogP contribution >= 0.6 is 0 Å². The molecule has 0 aliphatic rings. The third-order valence-corrected chi connectivity index (χ3v) is 4.57. The summed E-state index contributed by atoms with van der Waals surface area (Å²) in [5.41, 5.74) is 4.62. The van der Waals surface area contributed by atoms with Crippen LogP contribution in [-0.4, -0.2) is 4.98 Å². The predicted molar refractivity (Wildman–Crippen MR) is 103 cm³/mol. The van der Waals surface area contributed by atoms with Crippen molar-refractivity contribution in [1.29, 1.82) is 0 Å². The molecule has 2 heteroatoms. The molecular formula is C23H19NO. The molecule has 0 radical (unpaired) electrons.